The fourth-order valence-corrected chi connectivity index (χ4v) is 4.34. The highest BCUT2D eigenvalue weighted by molar-refractivity contribution is 7.91. The van der Waals surface area contributed by atoms with Crippen molar-refractivity contribution in [1.29, 1.82) is 0 Å². The van der Waals surface area contributed by atoms with Gasteiger partial charge in [-0.1, -0.05) is 6.07 Å². The van der Waals surface area contributed by atoms with Gasteiger partial charge in [0.05, 0.1) is 21.0 Å². The highest BCUT2D eigenvalue weighted by Crippen LogP contribution is 2.26. The number of anilines is 1. The minimum atomic E-state index is -3.41. The predicted molar refractivity (Wildman–Crippen MR) is 112 cm³/mol. The van der Waals surface area contributed by atoms with E-state index < -0.39 is 25.8 Å². The zero-order valence-electron chi connectivity index (χ0n) is 15.9. The number of hydrogen-bond donors (Lipinski definition) is 2. The van der Waals surface area contributed by atoms with Gasteiger partial charge in [0.25, 0.3) is 0 Å². The molecule has 4 aromatic rings. The van der Waals surface area contributed by atoms with Gasteiger partial charge in [-0.3, -0.25) is 5.32 Å². The molecule has 0 fully saturated rings. The molecule has 9 nitrogen and oxygen atoms in total. The minimum absolute atomic E-state index is 0.109. The molecule has 30 heavy (non-hydrogen) atoms. The van der Waals surface area contributed by atoms with Crippen molar-refractivity contribution < 1.29 is 26.5 Å². The normalized spacial score (nSPS) is 12.3. The van der Waals surface area contributed by atoms with E-state index in [9.17, 15) is 21.6 Å². The third kappa shape index (κ3) is 3.76. The van der Waals surface area contributed by atoms with E-state index in [1.54, 1.807) is 18.2 Å². The van der Waals surface area contributed by atoms with Crippen molar-refractivity contribution >= 4 is 53.3 Å². The first-order valence-electron chi connectivity index (χ1n) is 8.64. The van der Waals surface area contributed by atoms with Crippen LogP contribution in [0.2, 0.25) is 0 Å². The molecule has 0 aliphatic carbocycles. The highest BCUT2D eigenvalue weighted by Gasteiger charge is 2.15. The number of aromatic amines is 1. The molecule has 0 atom stereocenters. The molecule has 4 rings (SSSR count). The van der Waals surface area contributed by atoms with E-state index in [0.717, 1.165) is 12.5 Å². The van der Waals surface area contributed by atoms with Gasteiger partial charge in [0, 0.05) is 41.2 Å². The van der Waals surface area contributed by atoms with Crippen LogP contribution in [-0.2, 0) is 19.7 Å². The number of H-pyrrole nitrogens is 1. The van der Waals surface area contributed by atoms with Crippen LogP contribution in [0.25, 0.3) is 21.8 Å². The molecule has 0 unspecified atom stereocenters. The summed E-state index contributed by atoms with van der Waals surface area (Å²) in [6, 6.07) is 10.7. The molecule has 2 aromatic carbocycles. The van der Waals surface area contributed by atoms with Crippen molar-refractivity contribution in [2.24, 2.45) is 0 Å². The van der Waals surface area contributed by atoms with Crippen molar-refractivity contribution in [3.63, 3.8) is 0 Å². The molecule has 1 amide bonds. The number of sulfone groups is 2. The molecule has 0 saturated heterocycles. The van der Waals surface area contributed by atoms with E-state index in [-0.39, 0.29) is 9.79 Å². The van der Waals surface area contributed by atoms with Gasteiger partial charge in [-0.2, -0.15) is 4.73 Å². The van der Waals surface area contributed by atoms with Crippen LogP contribution in [0.1, 0.15) is 0 Å². The maximum Gasteiger partial charge on any atom is 0.436 e. The van der Waals surface area contributed by atoms with E-state index >= 15 is 0 Å². The number of nitrogens with one attached hydrogen (secondary N) is 2. The number of hydrogen-bond acceptors (Lipinski definition) is 6. The standard InChI is InChI=1S/C19H17N3O6S2/c1-29(24,25)13-5-6-15-16(9-13)20-11-17(15)21-19(23)28-22-8-7-12-3-4-14(10-18(12)22)30(2,26)27/h3-11,20H,1-2H3,(H,21,23). The Labute approximate surface area is 172 Å². The maximum atomic E-state index is 12.4. The first kappa shape index (κ1) is 20.0. The van der Waals surface area contributed by atoms with Crippen molar-refractivity contribution in [2.75, 3.05) is 17.8 Å². The van der Waals surface area contributed by atoms with E-state index in [1.807, 2.05) is 0 Å². The molecule has 0 aliphatic rings. The summed E-state index contributed by atoms with van der Waals surface area (Å²) in [4.78, 5) is 20.9. The summed E-state index contributed by atoms with van der Waals surface area (Å²) in [7, 11) is -6.77. The van der Waals surface area contributed by atoms with Crippen molar-refractivity contribution in [1.82, 2.24) is 9.71 Å². The summed E-state index contributed by atoms with van der Waals surface area (Å²) in [5, 5.41) is 3.90. The van der Waals surface area contributed by atoms with E-state index in [2.05, 4.69) is 10.3 Å². The van der Waals surface area contributed by atoms with Gasteiger partial charge in [0.1, 0.15) is 0 Å². The van der Waals surface area contributed by atoms with Gasteiger partial charge < -0.3 is 9.82 Å². The summed E-state index contributed by atoms with van der Waals surface area (Å²) < 4.78 is 48.1. The molecule has 156 valence electrons. The lowest BCUT2D eigenvalue weighted by molar-refractivity contribution is 0.153. The Morgan fingerprint density at radius 2 is 1.63 bits per heavy atom. The van der Waals surface area contributed by atoms with E-state index in [0.29, 0.717) is 27.5 Å². The molecule has 2 heterocycles. The van der Waals surface area contributed by atoms with Crippen LogP contribution >= 0.6 is 0 Å². The second-order valence-corrected chi connectivity index (χ2v) is 10.9. The predicted octanol–water partition coefficient (Wildman–Crippen LogP) is 2.59. The molecule has 0 bridgehead atoms. The average Bonchev–Trinajstić information content (AvgIpc) is 3.24. The molecule has 0 saturated carbocycles. The number of carbonyl (C=O) groups is 1. The lowest BCUT2D eigenvalue weighted by Crippen LogP contribution is -2.24. The Morgan fingerprint density at radius 1 is 0.967 bits per heavy atom. The smallest absolute Gasteiger partial charge is 0.359 e. The molecule has 0 spiro atoms. The molecular weight excluding hydrogens is 430 g/mol. The molecule has 0 radical (unpaired) electrons. The molecule has 0 aliphatic heterocycles. The van der Waals surface area contributed by atoms with E-state index in [4.69, 9.17) is 4.84 Å². The minimum Gasteiger partial charge on any atom is -0.359 e. The Bertz CT molecular complexity index is 1510. The number of aromatic nitrogens is 2. The Kier molecular flexibility index (Phi) is 4.59. The Balaban J connectivity index is 1.60. The van der Waals surface area contributed by atoms with Crippen LogP contribution in [0.4, 0.5) is 10.5 Å². The second kappa shape index (κ2) is 6.89. The Morgan fingerprint density at radius 3 is 2.33 bits per heavy atom. The number of benzene rings is 2. The van der Waals surface area contributed by atoms with Crippen molar-refractivity contribution in [3.8, 4) is 0 Å². The zero-order chi connectivity index (χ0) is 21.7. The summed E-state index contributed by atoms with van der Waals surface area (Å²) in [6.45, 7) is 0. The Hall–Kier alpha value is -3.31. The molecule has 2 N–H and O–H groups in total. The SMILES string of the molecule is CS(=O)(=O)c1ccc2c(NC(=O)On3ccc4ccc(S(C)(=O)=O)cc43)c[nH]c2c1. The van der Waals surface area contributed by atoms with Crippen LogP contribution in [-0.4, -0.2) is 45.2 Å². The van der Waals surface area contributed by atoms with Gasteiger partial charge in [-0.25, -0.2) is 21.6 Å². The lowest BCUT2D eigenvalue weighted by Gasteiger charge is -2.08. The third-order valence-corrected chi connectivity index (χ3v) is 6.78. The number of carbonyl (C=O) groups excluding carboxylic acids is 1. The van der Waals surface area contributed by atoms with Crippen molar-refractivity contribution in [2.45, 2.75) is 9.79 Å². The largest absolute Gasteiger partial charge is 0.436 e. The monoisotopic (exact) mass is 447 g/mol. The summed E-state index contributed by atoms with van der Waals surface area (Å²) in [5.74, 6) is 0. The van der Waals surface area contributed by atoms with Crippen molar-refractivity contribution in [3.05, 3.63) is 54.9 Å². The highest BCUT2D eigenvalue weighted by atomic mass is 32.2. The van der Waals surface area contributed by atoms with Gasteiger partial charge in [-0.05, 0) is 36.4 Å². The lowest BCUT2D eigenvalue weighted by atomic mass is 10.2. The van der Waals surface area contributed by atoms with E-state index in [1.165, 1.54) is 41.4 Å². The first-order valence-corrected chi connectivity index (χ1v) is 12.4. The topological polar surface area (TPSA) is 127 Å². The molecule has 11 heteroatoms. The summed E-state index contributed by atoms with van der Waals surface area (Å²) >= 11 is 0. The number of fused-ring (bicyclic) bond motifs is 2. The third-order valence-electron chi connectivity index (χ3n) is 4.56. The van der Waals surface area contributed by atoms with Gasteiger partial charge in [0.2, 0.25) is 0 Å². The fraction of sp³-hybridized carbons (Fsp3) is 0.105. The van der Waals surface area contributed by atoms with Crippen LogP contribution in [0.3, 0.4) is 0 Å². The van der Waals surface area contributed by atoms with Crippen LogP contribution in [0, 0.1) is 0 Å². The maximum absolute atomic E-state index is 12.4. The fourth-order valence-electron chi connectivity index (χ4n) is 3.06. The summed E-state index contributed by atoms with van der Waals surface area (Å²) in [5.41, 5.74) is 1.37. The first-order chi connectivity index (χ1) is 14.0. The van der Waals surface area contributed by atoms with Gasteiger partial charge >= 0.3 is 6.09 Å². The second-order valence-electron chi connectivity index (χ2n) is 6.82. The number of nitrogens with zero attached hydrogens (tertiary/aromatic N) is 1. The quantitative estimate of drug-likeness (QED) is 0.495. The average molecular weight is 447 g/mol. The van der Waals surface area contributed by atoms with Gasteiger partial charge in [0.15, 0.2) is 19.7 Å². The number of amides is 1. The number of rotatable bonds is 4. The van der Waals surface area contributed by atoms with Gasteiger partial charge in [-0.15, -0.1) is 0 Å². The van der Waals surface area contributed by atoms with Crippen LogP contribution in [0.15, 0.2) is 64.6 Å². The molecule has 2 aromatic heterocycles. The van der Waals surface area contributed by atoms with Crippen LogP contribution < -0.4 is 10.2 Å². The zero-order valence-corrected chi connectivity index (χ0v) is 17.5. The molecular formula is C19H17N3O6S2. The van der Waals surface area contributed by atoms with Crippen LogP contribution in [0.5, 0.6) is 0 Å². The summed E-state index contributed by atoms with van der Waals surface area (Å²) in [6.07, 6.45) is 4.44.